The molecule has 1 N–H and O–H groups in total. The Labute approximate surface area is 161 Å². The maximum absolute atomic E-state index is 11.6. The number of ether oxygens (including phenoxy) is 4. The van der Waals surface area contributed by atoms with E-state index in [-0.39, 0.29) is 13.2 Å². The Morgan fingerprint density at radius 2 is 1.75 bits per heavy atom. The van der Waals surface area contributed by atoms with Gasteiger partial charge in [0.25, 0.3) is 6.04 Å². The van der Waals surface area contributed by atoms with E-state index in [9.17, 15) is 15.2 Å². The second-order valence-electron chi connectivity index (χ2n) is 6.78. The number of aliphatic hydroxyl groups is 1. The molecular formula is C20H21NO7. The zero-order chi connectivity index (χ0) is 19.5. The monoisotopic (exact) mass is 387 g/mol. The highest BCUT2D eigenvalue weighted by Crippen LogP contribution is 2.35. The van der Waals surface area contributed by atoms with Crippen molar-refractivity contribution in [2.45, 2.75) is 43.5 Å². The van der Waals surface area contributed by atoms with E-state index in [4.69, 9.17) is 18.9 Å². The van der Waals surface area contributed by atoms with Crippen LogP contribution in [0.15, 0.2) is 60.7 Å². The third kappa shape index (κ3) is 3.91. The predicted molar refractivity (Wildman–Crippen MR) is 96.7 cm³/mol. The van der Waals surface area contributed by atoms with Gasteiger partial charge in [0, 0.05) is 10.5 Å². The fourth-order valence-corrected chi connectivity index (χ4v) is 3.47. The summed E-state index contributed by atoms with van der Waals surface area (Å²) in [6.45, 7) is 0.269. The van der Waals surface area contributed by atoms with Gasteiger partial charge in [-0.3, -0.25) is 10.1 Å². The van der Waals surface area contributed by atoms with E-state index in [0.29, 0.717) is 0 Å². The van der Waals surface area contributed by atoms with E-state index < -0.39 is 41.9 Å². The Bertz CT molecular complexity index is 788. The van der Waals surface area contributed by atoms with Crippen LogP contribution in [0, 0.1) is 10.1 Å². The van der Waals surface area contributed by atoms with Gasteiger partial charge in [0.15, 0.2) is 12.4 Å². The Balaban J connectivity index is 1.47. The minimum Gasteiger partial charge on any atom is -0.383 e. The molecule has 0 amide bonds. The standard InChI is InChI=1S/C20H21NO7/c22-17-16(21(23)24)20(25-11-13-7-3-1-4-8-13)27-15-12-26-19(28-18(15)17)14-9-5-2-6-10-14/h1-10,15-20,22H,11-12H2/t15-,16-,17-,18-,19?,20+/m1/s1. The quantitative estimate of drug-likeness (QED) is 0.619. The SMILES string of the molecule is O=[N+]([O-])[C@H]1[C@@H](OCc2ccccc2)O[C@@H]2COC(c3ccccc3)O[C@H]2[C@@H]1O. The van der Waals surface area contributed by atoms with Crippen molar-refractivity contribution >= 4 is 0 Å². The molecule has 2 heterocycles. The smallest absolute Gasteiger partial charge is 0.291 e. The van der Waals surface area contributed by atoms with Crippen LogP contribution in [-0.2, 0) is 25.6 Å². The molecule has 8 nitrogen and oxygen atoms in total. The lowest BCUT2D eigenvalue weighted by Crippen LogP contribution is -2.64. The Morgan fingerprint density at radius 1 is 1.07 bits per heavy atom. The van der Waals surface area contributed by atoms with Gasteiger partial charge in [0.2, 0.25) is 6.29 Å². The highest BCUT2D eigenvalue weighted by molar-refractivity contribution is 5.17. The van der Waals surface area contributed by atoms with Crippen LogP contribution >= 0.6 is 0 Å². The molecule has 8 heteroatoms. The van der Waals surface area contributed by atoms with Crippen LogP contribution in [-0.4, -0.2) is 47.3 Å². The summed E-state index contributed by atoms with van der Waals surface area (Å²) in [6.07, 6.45) is -4.84. The molecule has 2 aromatic carbocycles. The first-order valence-electron chi connectivity index (χ1n) is 9.08. The van der Waals surface area contributed by atoms with Crippen LogP contribution in [0.5, 0.6) is 0 Å². The minimum absolute atomic E-state index is 0.133. The number of nitrogens with zero attached hydrogens (tertiary/aromatic N) is 1. The van der Waals surface area contributed by atoms with Crippen molar-refractivity contribution < 1.29 is 29.0 Å². The average molecular weight is 387 g/mol. The molecular weight excluding hydrogens is 366 g/mol. The highest BCUT2D eigenvalue weighted by atomic mass is 16.8. The van der Waals surface area contributed by atoms with Crippen LogP contribution in [0.25, 0.3) is 0 Å². The molecule has 2 fully saturated rings. The average Bonchev–Trinajstić information content (AvgIpc) is 2.73. The lowest BCUT2D eigenvalue weighted by Gasteiger charge is -2.44. The van der Waals surface area contributed by atoms with Gasteiger partial charge in [-0.2, -0.15) is 0 Å². The second-order valence-corrected chi connectivity index (χ2v) is 6.78. The van der Waals surface area contributed by atoms with E-state index in [1.54, 1.807) is 0 Å². The first-order valence-corrected chi connectivity index (χ1v) is 9.08. The van der Waals surface area contributed by atoms with E-state index in [1.807, 2.05) is 60.7 Å². The van der Waals surface area contributed by atoms with Crippen LogP contribution in [0.3, 0.4) is 0 Å². The number of benzene rings is 2. The third-order valence-corrected chi connectivity index (χ3v) is 4.91. The summed E-state index contributed by atoms with van der Waals surface area (Å²) in [5, 5.41) is 22.3. The van der Waals surface area contributed by atoms with Crippen molar-refractivity contribution in [2.24, 2.45) is 0 Å². The molecule has 1 unspecified atom stereocenters. The fraction of sp³-hybridized carbons (Fsp3) is 0.400. The van der Waals surface area contributed by atoms with Gasteiger partial charge in [-0.25, -0.2) is 0 Å². The number of fused-ring (bicyclic) bond motifs is 1. The molecule has 6 atom stereocenters. The number of nitro groups is 1. The van der Waals surface area contributed by atoms with Gasteiger partial charge >= 0.3 is 0 Å². The first kappa shape index (κ1) is 19.0. The van der Waals surface area contributed by atoms with Gasteiger partial charge < -0.3 is 24.1 Å². The van der Waals surface area contributed by atoms with Crippen LogP contribution in [0.4, 0.5) is 0 Å². The summed E-state index contributed by atoms with van der Waals surface area (Å²) in [7, 11) is 0. The molecule has 0 aliphatic carbocycles. The number of hydrogen-bond donors (Lipinski definition) is 1. The molecule has 2 aromatic rings. The van der Waals surface area contributed by atoms with E-state index in [0.717, 1.165) is 11.1 Å². The molecule has 0 spiro atoms. The van der Waals surface area contributed by atoms with Crippen LogP contribution in [0.1, 0.15) is 17.4 Å². The third-order valence-electron chi connectivity index (χ3n) is 4.91. The predicted octanol–water partition coefficient (Wildman–Crippen LogP) is 2.05. The molecule has 2 saturated heterocycles. The van der Waals surface area contributed by atoms with Gasteiger partial charge in [-0.1, -0.05) is 60.7 Å². The molecule has 0 saturated carbocycles. The summed E-state index contributed by atoms with van der Waals surface area (Å²) < 4.78 is 22.9. The highest BCUT2D eigenvalue weighted by Gasteiger charge is 2.55. The number of hydrogen-bond acceptors (Lipinski definition) is 7. The Morgan fingerprint density at radius 3 is 2.43 bits per heavy atom. The molecule has 148 valence electrons. The molecule has 28 heavy (non-hydrogen) atoms. The Kier molecular flexibility index (Phi) is 5.65. The van der Waals surface area contributed by atoms with Crippen molar-refractivity contribution in [1.29, 1.82) is 0 Å². The maximum atomic E-state index is 11.6. The summed E-state index contributed by atoms with van der Waals surface area (Å²) >= 11 is 0. The molecule has 0 bridgehead atoms. The van der Waals surface area contributed by atoms with Crippen LogP contribution < -0.4 is 0 Å². The van der Waals surface area contributed by atoms with E-state index in [1.165, 1.54) is 0 Å². The normalized spacial score (nSPS) is 32.5. The van der Waals surface area contributed by atoms with Gasteiger partial charge in [-0.15, -0.1) is 0 Å². The zero-order valence-corrected chi connectivity index (χ0v) is 15.0. The second kappa shape index (κ2) is 8.34. The fourth-order valence-electron chi connectivity index (χ4n) is 3.47. The number of aliphatic hydroxyl groups excluding tert-OH is 1. The molecule has 2 aliphatic heterocycles. The van der Waals surface area contributed by atoms with Crippen molar-refractivity contribution in [1.82, 2.24) is 0 Å². The maximum Gasteiger partial charge on any atom is 0.291 e. The van der Waals surface area contributed by atoms with Crippen molar-refractivity contribution in [2.75, 3.05) is 6.61 Å². The largest absolute Gasteiger partial charge is 0.383 e. The molecule has 4 rings (SSSR count). The van der Waals surface area contributed by atoms with Gasteiger partial charge in [0.05, 0.1) is 13.2 Å². The summed E-state index contributed by atoms with van der Waals surface area (Å²) in [6, 6.07) is 17.0. The van der Waals surface area contributed by atoms with Gasteiger partial charge in [-0.05, 0) is 5.56 Å². The van der Waals surface area contributed by atoms with Crippen molar-refractivity contribution in [3.8, 4) is 0 Å². The summed E-state index contributed by atoms with van der Waals surface area (Å²) in [5.74, 6) is 0. The summed E-state index contributed by atoms with van der Waals surface area (Å²) in [4.78, 5) is 11.0. The minimum atomic E-state index is -1.46. The zero-order valence-electron chi connectivity index (χ0n) is 15.0. The summed E-state index contributed by atoms with van der Waals surface area (Å²) in [5.41, 5.74) is 1.62. The lowest BCUT2D eigenvalue weighted by molar-refractivity contribution is -0.579. The Hall–Kier alpha value is -2.36. The van der Waals surface area contributed by atoms with Crippen molar-refractivity contribution in [3.05, 3.63) is 81.9 Å². The molecule has 2 aliphatic rings. The van der Waals surface area contributed by atoms with E-state index >= 15 is 0 Å². The molecule has 0 aromatic heterocycles. The lowest BCUT2D eigenvalue weighted by atomic mass is 9.96. The number of rotatable bonds is 5. The van der Waals surface area contributed by atoms with Crippen molar-refractivity contribution in [3.63, 3.8) is 0 Å². The van der Waals surface area contributed by atoms with Crippen LogP contribution in [0.2, 0.25) is 0 Å². The van der Waals surface area contributed by atoms with Gasteiger partial charge in [0.1, 0.15) is 12.2 Å². The first-order chi connectivity index (χ1) is 13.6. The van der Waals surface area contributed by atoms with E-state index in [2.05, 4.69) is 0 Å². The topological polar surface area (TPSA) is 100 Å². The molecule has 0 radical (unpaired) electrons.